The highest BCUT2D eigenvalue weighted by Gasteiger charge is 2.19. The van der Waals surface area contributed by atoms with Crippen LogP contribution in [-0.4, -0.2) is 29.7 Å². The summed E-state index contributed by atoms with van der Waals surface area (Å²) in [5.74, 6) is 0.478. The number of para-hydroxylation sites is 1. The van der Waals surface area contributed by atoms with E-state index < -0.39 is 0 Å². The molecule has 0 fully saturated rings. The molecule has 2 heterocycles. The molecule has 0 aliphatic rings. The van der Waals surface area contributed by atoms with Gasteiger partial charge in [0.05, 0.1) is 7.11 Å². The average Bonchev–Trinajstić information content (AvgIpc) is 3.41. The number of methoxy groups -OCH3 is 1. The van der Waals surface area contributed by atoms with Gasteiger partial charge in [0.1, 0.15) is 11.6 Å². The van der Waals surface area contributed by atoms with Gasteiger partial charge in [0, 0.05) is 48.5 Å². The molecule has 0 saturated heterocycles. The first-order valence-corrected chi connectivity index (χ1v) is 9.72. The number of fused-ring (bicyclic) bond motifs is 1. The molecule has 0 aliphatic heterocycles. The number of benzene rings is 2. The van der Waals surface area contributed by atoms with Gasteiger partial charge in [0.2, 0.25) is 5.91 Å². The molecular formula is C23H22FN3O3. The average molecular weight is 407 g/mol. The number of hydrogen-bond donors (Lipinski definition) is 2. The molecular weight excluding hydrogens is 385 g/mol. The van der Waals surface area contributed by atoms with Crippen LogP contribution in [0.15, 0.2) is 65.3 Å². The Morgan fingerprint density at radius 3 is 2.80 bits per heavy atom. The van der Waals surface area contributed by atoms with Gasteiger partial charge in [0.25, 0.3) is 5.88 Å². The molecule has 1 atom stereocenters. The zero-order valence-electron chi connectivity index (χ0n) is 16.5. The summed E-state index contributed by atoms with van der Waals surface area (Å²) in [6, 6.07) is 16.1. The molecule has 0 saturated carbocycles. The third-order valence-electron chi connectivity index (χ3n) is 5.12. The van der Waals surface area contributed by atoms with Gasteiger partial charge < -0.3 is 19.6 Å². The van der Waals surface area contributed by atoms with E-state index in [1.54, 1.807) is 18.2 Å². The Hall–Kier alpha value is -3.61. The number of aromatic amines is 1. The fourth-order valence-electron chi connectivity index (χ4n) is 3.53. The summed E-state index contributed by atoms with van der Waals surface area (Å²) in [4.78, 5) is 15.7. The highest BCUT2D eigenvalue weighted by molar-refractivity contribution is 5.84. The second kappa shape index (κ2) is 8.82. The summed E-state index contributed by atoms with van der Waals surface area (Å²) in [5.41, 5.74) is 3.00. The van der Waals surface area contributed by atoms with E-state index in [1.165, 1.54) is 19.2 Å². The minimum Gasteiger partial charge on any atom is -0.479 e. The fourth-order valence-corrected chi connectivity index (χ4v) is 3.53. The Morgan fingerprint density at radius 1 is 1.23 bits per heavy atom. The van der Waals surface area contributed by atoms with Crippen LogP contribution in [0.2, 0.25) is 0 Å². The first-order valence-electron chi connectivity index (χ1n) is 9.72. The monoisotopic (exact) mass is 407 g/mol. The minimum absolute atomic E-state index is 0.0997. The minimum atomic E-state index is -0.289. The third kappa shape index (κ3) is 4.35. The molecule has 1 unspecified atom stereocenters. The van der Waals surface area contributed by atoms with Crippen LogP contribution in [0, 0.1) is 5.82 Å². The van der Waals surface area contributed by atoms with Crippen molar-refractivity contribution in [2.24, 2.45) is 0 Å². The van der Waals surface area contributed by atoms with E-state index in [-0.39, 0.29) is 24.1 Å². The topological polar surface area (TPSA) is 80.1 Å². The van der Waals surface area contributed by atoms with Crippen molar-refractivity contribution >= 4 is 16.8 Å². The van der Waals surface area contributed by atoms with Gasteiger partial charge in [-0.05, 0) is 34.5 Å². The van der Waals surface area contributed by atoms with Gasteiger partial charge in [-0.2, -0.15) is 0 Å². The molecule has 2 aromatic carbocycles. The molecule has 2 aromatic heterocycles. The Bertz CT molecular complexity index is 1130. The molecule has 4 aromatic rings. The van der Waals surface area contributed by atoms with Gasteiger partial charge in [-0.3, -0.25) is 4.79 Å². The Morgan fingerprint density at radius 2 is 2.03 bits per heavy atom. The largest absolute Gasteiger partial charge is 0.479 e. The molecule has 0 radical (unpaired) electrons. The lowest BCUT2D eigenvalue weighted by Crippen LogP contribution is -2.29. The van der Waals surface area contributed by atoms with Crippen LogP contribution < -0.4 is 10.1 Å². The van der Waals surface area contributed by atoms with Crippen molar-refractivity contribution in [1.82, 2.24) is 15.5 Å². The smallest absolute Gasteiger partial charge is 0.254 e. The number of aromatic nitrogens is 2. The summed E-state index contributed by atoms with van der Waals surface area (Å²) in [6.45, 7) is 0.395. The van der Waals surface area contributed by atoms with Gasteiger partial charge in [-0.15, -0.1) is 0 Å². The van der Waals surface area contributed by atoms with Crippen LogP contribution in [0.1, 0.15) is 29.2 Å². The molecule has 4 rings (SSSR count). The molecule has 0 bridgehead atoms. The van der Waals surface area contributed by atoms with Crippen LogP contribution in [0.3, 0.4) is 0 Å². The Balaban J connectivity index is 1.48. The number of H-pyrrole nitrogens is 1. The molecule has 7 heteroatoms. The van der Waals surface area contributed by atoms with E-state index in [2.05, 4.69) is 15.5 Å². The van der Waals surface area contributed by atoms with Gasteiger partial charge >= 0.3 is 0 Å². The number of aryl methyl sites for hydroxylation is 1. The van der Waals surface area contributed by atoms with E-state index in [1.807, 2.05) is 30.5 Å². The lowest BCUT2D eigenvalue weighted by molar-refractivity contribution is -0.121. The molecule has 6 nitrogen and oxygen atoms in total. The number of hydrogen-bond acceptors (Lipinski definition) is 4. The van der Waals surface area contributed by atoms with Crippen LogP contribution in [-0.2, 0) is 11.2 Å². The van der Waals surface area contributed by atoms with E-state index in [0.717, 1.165) is 22.0 Å². The highest BCUT2D eigenvalue weighted by Crippen LogP contribution is 2.30. The maximum atomic E-state index is 13.4. The maximum absolute atomic E-state index is 13.4. The maximum Gasteiger partial charge on any atom is 0.254 e. The summed E-state index contributed by atoms with van der Waals surface area (Å²) in [5, 5.41) is 7.81. The van der Waals surface area contributed by atoms with Crippen molar-refractivity contribution in [1.29, 1.82) is 0 Å². The first-order chi connectivity index (χ1) is 14.6. The zero-order chi connectivity index (χ0) is 20.9. The standard InChI is InChI=1S/C23H22FN3O3/c1-29-23-12-17(30-27-23)10-11-22(28)26-13-19(15-6-8-16(24)9-7-15)20-14-25-21-5-3-2-4-18(20)21/h2-9,12,14,19,25H,10-11,13H2,1H3,(H,26,28). The fraction of sp³-hybridized carbons (Fsp3) is 0.217. The molecule has 0 aliphatic carbocycles. The van der Waals surface area contributed by atoms with Gasteiger partial charge in [-0.25, -0.2) is 4.39 Å². The summed E-state index contributed by atoms with van der Waals surface area (Å²) >= 11 is 0. The lowest BCUT2D eigenvalue weighted by atomic mass is 9.91. The first kappa shape index (κ1) is 19.7. The van der Waals surface area contributed by atoms with Crippen molar-refractivity contribution in [2.45, 2.75) is 18.8 Å². The van der Waals surface area contributed by atoms with Crippen LogP contribution in [0.4, 0.5) is 4.39 Å². The van der Waals surface area contributed by atoms with Gasteiger partial charge in [-0.1, -0.05) is 30.3 Å². The summed E-state index contributed by atoms with van der Waals surface area (Å²) in [6.07, 6.45) is 2.64. The lowest BCUT2D eigenvalue weighted by Gasteiger charge is -2.18. The number of halogens is 1. The highest BCUT2D eigenvalue weighted by atomic mass is 19.1. The Kier molecular flexibility index (Phi) is 5.79. The number of carbonyl (C=O) groups excluding carboxylic acids is 1. The Labute approximate surface area is 173 Å². The number of carbonyl (C=O) groups is 1. The van der Waals surface area contributed by atoms with Gasteiger partial charge in [0.15, 0.2) is 0 Å². The van der Waals surface area contributed by atoms with Crippen molar-refractivity contribution in [2.75, 3.05) is 13.7 Å². The molecule has 1 amide bonds. The summed E-state index contributed by atoms with van der Waals surface area (Å²) < 4.78 is 23.6. The van der Waals surface area contributed by atoms with Crippen LogP contribution in [0.5, 0.6) is 5.88 Å². The van der Waals surface area contributed by atoms with E-state index in [0.29, 0.717) is 24.6 Å². The van der Waals surface area contributed by atoms with Crippen molar-refractivity contribution < 1.29 is 18.4 Å². The van der Waals surface area contributed by atoms with Crippen LogP contribution >= 0.6 is 0 Å². The van der Waals surface area contributed by atoms with Crippen LogP contribution in [0.25, 0.3) is 10.9 Å². The number of rotatable bonds is 8. The number of nitrogens with one attached hydrogen (secondary N) is 2. The van der Waals surface area contributed by atoms with E-state index in [9.17, 15) is 9.18 Å². The second-order valence-corrected chi connectivity index (χ2v) is 7.03. The van der Waals surface area contributed by atoms with Crippen molar-refractivity contribution in [3.8, 4) is 5.88 Å². The quantitative estimate of drug-likeness (QED) is 0.459. The van der Waals surface area contributed by atoms with Crippen molar-refractivity contribution in [3.63, 3.8) is 0 Å². The predicted octanol–water partition coefficient (Wildman–Crippen LogP) is 4.18. The normalized spacial score (nSPS) is 12.1. The number of nitrogens with zero attached hydrogens (tertiary/aromatic N) is 1. The van der Waals surface area contributed by atoms with Crippen molar-refractivity contribution in [3.05, 3.63) is 83.5 Å². The second-order valence-electron chi connectivity index (χ2n) is 7.03. The zero-order valence-corrected chi connectivity index (χ0v) is 16.5. The SMILES string of the molecule is COc1cc(CCC(=O)NCC(c2ccc(F)cc2)c2c[nH]c3ccccc23)on1. The predicted molar refractivity (Wildman–Crippen MR) is 111 cm³/mol. The third-order valence-corrected chi connectivity index (χ3v) is 5.12. The van der Waals surface area contributed by atoms with E-state index >= 15 is 0 Å². The molecule has 0 spiro atoms. The number of ether oxygens (including phenoxy) is 1. The molecule has 154 valence electrons. The molecule has 2 N–H and O–H groups in total. The van der Waals surface area contributed by atoms with E-state index in [4.69, 9.17) is 9.26 Å². The number of amides is 1. The molecule has 30 heavy (non-hydrogen) atoms. The summed E-state index contributed by atoms with van der Waals surface area (Å²) in [7, 11) is 1.51.